The van der Waals surface area contributed by atoms with Gasteiger partial charge in [0.2, 0.25) is 0 Å². The van der Waals surface area contributed by atoms with Crippen LogP contribution in [0.3, 0.4) is 0 Å². The van der Waals surface area contributed by atoms with E-state index in [2.05, 4.69) is 27.0 Å². The van der Waals surface area contributed by atoms with E-state index in [1.807, 2.05) is 46.8 Å². The van der Waals surface area contributed by atoms with Gasteiger partial charge in [0.25, 0.3) is 0 Å². The number of rotatable bonds is 7. The molecule has 0 aromatic heterocycles. The Kier molecular flexibility index (Phi) is 19.1. The van der Waals surface area contributed by atoms with Crippen LogP contribution in [0, 0.1) is 5.92 Å². The van der Waals surface area contributed by atoms with Gasteiger partial charge >= 0.3 is 0 Å². The molecular formula is C21H38N2O. The first kappa shape index (κ1) is 26.7. The minimum absolute atomic E-state index is 0.0964. The predicted octanol–water partition coefficient (Wildman–Crippen LogP) is 5.90. The summed E-state index contributed by atoms with van der Waals surface area (Å²) in [6.45, 7) is 21.2. The number of nitrogens with two attached hydrogens (primary N) is 2. The molecule has 0 spiro atoms. The zero-order chi connectivity index (χ0) is 19.7. The van der Waals surface area contributed by atoms with Gasteiger partial charge in [-0.1, -0.05) is 79.9 Å². The summed E-state index contributed by atoms with van der Waals surface area (Å²) < 4.78 is 0. The molecule has 5 N–H and O–H groups in total. The van der Waals surface area contributed by atoms with Crippen molar-refractivity contribution in [2.45, 2.75) is 54.9 Å². The van der Waals surface area contributed by atoms with Crippen LogP contribution < -0.4 is 11.5 Å². The third kappa shape index (κ3) is 12.4. The van der Waals surface area contributed by atoms with E-state index in [0.29, 0.717) is 22.9 Å². The fraction of sp³-hybridized carbons (Fsp3) is 0.429. The van der Waals surface area contributed by atoms with Crippen molar-refractivity contribution in [2.75, 3.05) is 0 Å². The molecule has 0 fully saturated rings. The van der Waals surface area contributed by atoms with Gasteiger partial charge in [-0.05, 0) is 30.1 Å². The van der Waals surface area contributed by atoms with E-state index in [1.54, 1.807) is 18.2 Å². The van der Waals surface area contributed by atoms with Crippen LogP contribution in [-0.2, 0) is 0 Å². The van der Waals surface area contributed by atoms with Crippen molar-refractivity contribution in [3.8, 4) is 0 Å². The van der Waals surface area contributed by atoms with Crippen molar-refractivity contribution >= 4 is 0 Å². The summed E-state index contributed by atoms with van der Waals surface area (Å²) in [4.78, 5) is 0. The Morgan fingerprint density at radius 1 is 1.08 bits per heavy atom. The summed E-state index contributed by atoms with van der Waals surface area (Å²) in [5, 5.41) is 9.54. The minimum atomic E-state index is -0.0964. The fourth-order valence-corrected chi connectivity index (χ4v) is 1.66. The standard InChI is InChI=1S/C17H26N2O.2C2H6/c1-6-8-14(16(18)10-12(3)4)11-17(19)15(9-7-2)13(5)20;2*1-2/h7-12,20H,2,5-6,18-19H2,1,3-4H3;2*1-2H3/b14-8-,15-9+,16-10+,17-11-;;. The first-order valence-corrected chi connectivity index (χ1v) is 8.69. The average molecular weight is 335 g/mol. The first-order chi connectivity index (χ1) is 11.3. The molecule has 0 unspecified atom stereocenters. The third-order valence-corrected chi connectivity index (χ3v) is 2.49. The van der Waals surface area contributed by atoms with Crippen LogP contribution in [0.1, 0.15) is 54.9 Å². The van der Waals surface area contributed by atoms with Crippen LogP contribution in [-0.4, -0.2) is 5.11 Å². The summed E-state index contributed by atoms with van der Waals surface area (Å²) in [5.41, 5.74) is 14.4. The summed E-state index contributed by atoms with van der Waals surface area (Å²) >= 11 is 0. The molecule has 0 atom stereocenters. The molecule has 0 aliphatic carbocycles. The highest BCUT2D eigenvalue weighted by atomic mass is 16.3. The maximum Gasteiger partial charge on any atom is 0.117 e. The second kappa shape index (κ2) is 17.2. The first-order valence-electron chi connectivity index (χ1n) is 8.69. The Balaban J connectivity index is -0.00000102. The number of allylic oxidation sites excluding steroid dienone is 5. The minimum Gasteiger partial charge on any atom is -0.508 e. The van der Waals surface area contributed by atoms with Gasteiger partial charge in [0.15, 0.2) is 0 Å². The van der Waals surface area contributed by atoms with Gasteiger partial charge in [0.1, 0.15) is 5.76 Å². The molecular weight excluding hydrogens is 296 g/mol. The van der Waals surface area contributed by atoms with Crippen molar-refractivity contribution in [3.63, 3.8) is 0 Å². The van der Waals surface area contributed by atoms with E-state index in [9.17, 15) is 5.11 Å². The van der Waals surface area contributed by atoms with E-state index in [1.165, 1.54) is 0 Å². The van der Waals surface area contributed by atoms with Crippen LogP contribution in [0.25, 0.3) is 0 Å². The lowest BCUT2D eigenvalue weighted by Gasteiger charge is -2.09. The van der Waals surface area contributed by atoms with Crippen molar-refractivity contribution in [1.29, 1.82) is 0 Å². The van der Waals surface area contributed by atoms with E-state index in [-0.39, 0.29) is 5.76 Å². The van der Waals surface area contributed by atoms with Crippen LogP contribution in [0.4, 0.5) is 0 Å². The van der Waals surface area contributed by atoms with Gasteiger partial charge in [0, 0.05) is 17.0 Å². The average Bonchev–Trinajstić information content (AvgIpc) is 2.54. The van der Waals surface area contributed by atoms with Gasteiger partial charge in [-0.15, -0.1) is 0 Å². The summed E-state index contributed by atoms with van der Waals surface area (Å²) in [6, 6.07) is 0. The molecule has 0 aliphatic rings. The summed E-state index contributed by atoms with van der Waals surface area (Å²) in [6.07, 6.45) is 9.71. The predicted molar refractivity (Wildman–Crippen MR) is 110 cm³/mol. The third-order valence-electron chi connectivity index (χ3n) is 2.49. The normalized spacial score (nSPS) is 12.7. The molecule has 0 saturated heterocycles. The zero-order valence-corrected chi connectivity index (χ0v) is 16.7. The van der Waals surface area contributed by atoms with E-state index in [4.69, 9.17) is 11.5 Å². The van der Waals surface area contributed by atoms with Gasteiger partial charge < -0.3 is 16.6 Å². The number of aliphatic hydroxyl groups excluding tert-OH is 1. The Bertz CT molecular complexity index is 478. The molecule has 0 heterocycles. The lowest BCUT2D eigenvalue weighted by Crippen LogP contribution is -2.07. The van der Waals surface area contributed by atoms with Crippen LogP contribution in [0.2, 0.25) is 0 Å². The Morgan fingerprint density at radius 3 is 1.92 bits per heavy atom. The Labute approximate surface area is 149 Å². The van der Waals surface area contributed by atoms with Gasteiger partial charge in [-0.25, -0.2) is 0 Å². The van der Waals surface area contributed by atoms with E-state index < -0.39 is 0 Å². The molecule has 3 heteroatoms. The van der Waals surface area contributed by atoms with E-state index >= 15 is 0 Å². The highest BCUT2D eigenvalue weighted by molar-refractivity contribution is 5.49. The molecule has 3 nitrogen and oxygen atoms in total. The highest BCUT2D eigenvalue weighted by Crippen LogP contribution is 2.17. The molecule has 0 bridgehead atoms. The fourth-order valence-electron chi connectivity index (χ4n) is 1.66. The van der Waals surface area contributed by atoms with Crippen molar-refractivity contribution in [3.05, 3.63) is 71.8 Å². The number of hydrogen-bond donors (Lipinski definition) is 3. The van der Waals surface area contributed by atoms with E-state index in [0.717, 1.165) is 12.0 Å². The molecule has 0 saturated carbocycles. The molecule has 0 aromatic carbocycles. The number of hydrogen-bond acceptors (Lipinski definition) is 3. The van der Waals surface area contributed by atoms with Crippen LogP contribution in [0.5, 0.6) is 0 Å². The van der Waals surface area contributed by atoms with Crippen LogP contribution in [0.15, 0.2) is 71.8 Å². The summed E-state index contributed by atoms with van der Waals surface area (Å²) in [5.74, 6) is 0.252. The molecule has 0 rings (SSSR count). The Morgan fingerprint density at radius 2 is 1.58 bits per heavy atom. The lowest BCUT2D eigenvalue weighted by atomic mass is 10.0. The smallest absolute Gasteiger partial charge is 0.117 e. The molecule has 138 valence electrons. The highest BCUT2D eigenvalue weighted by Gasteiger charge is 2.06. The maximum absolute atomic E-state index is 9.54. The molecule has 0 amide bonds. The second-order valence-corrected chi connectivity index (χ2v) is 4.80. The van der Waals surface area contributed by atoms with Gasteiger partial charge in [-0.2, -0.15) is 0 Å². The molecule has 0 aromatic rings. The van der Waals surface area contributed by atoms with Crippen molar-refractivity contribution in [2.24, 2.45) is 17.4 Å². The maximum atomic E-state index is 9.54. The topological polar surface area (TPSA) is 72.3 Å². The largest absolute Gasteiger partial charge is 0.508 e. The number of aliphatic hydroxyl groups is 1. The van der Waals surface area contributed by atoms with Gasteiger partial charge in [0.05, 0.1) is 0 Å². The van der Waals surface area contributed by atoms with Gasteiger partial charge in [-0.3, -0.25) is 0 Å². The SMILES string of the molecule is C=C/C=C(C(=C)O)/C(N)=C/C(=C/CC)C(/N)=C\C(C)C.CC.CC. The zero-order valence-electron chi connectivity index (χ0n) is 16.7. The van der Waals surface area contributed by atoms with Crippen molar-refractivity contribution < 1.29 is 5.11 Å². The molecule has 24 heavy (non-hydrogen) atoms. The quantitative estimate of drug-likeness (QED) is 0.401. The molecule has 0 radical (unpaired) electrons. The molecule has 0 aliphatic heterocycles. The Hall–Kier alpha value is -2.16. The van der Waals surface area contributed by atoms with Crippen LogP contribution >= 0.6 is 0 Å². The lowest BCUT2D eigenvalue weighted by molar-refractivity contribution is 0.427. The monoisotopic (exact) mass is 334 g/mol. The van der Waals surface area contributed by atoms with Crippen molar-refractivity contribution in [1.82, 2.24) is 0 Å². The second-order valence-electron chi connectivity index (χ2n) is 4.80. The summed E-state index contributed by atoms with van der Waals surface area (Å²) in [7, 11) is 0.